The molecule has 7 heteroatoms. The molecular formula is C19H20FNO4S. The highest BCUT2D eigenvalue weighted by Crippen LogP contribution is 2.40. The van der Waals surface area contributed by atoms with Crippen LogP contribution in [0.5, 0.6) is 17.2 Å². The van der Waals surface area contributed by atoms with Crippen molar-refractivity contribution in [2.75, 3.05) is 27.1 Å². The third-order valence-corrected chi connectivity index (χ3v) is 5.48. The molecule has 1 aliphatic rings. The third-order valence-electron chi connectivity index (χ3n) is 4.24. The molecule has 1 aliphatic heterocycles. The Bertz CT molecular complexity index is 789. The lowest BCUT2D eigenvalue weighted by atomic mass is 10.0. The summed E-state index contributed by atoms with van der Waals surface area (Å²) in [5.74, 6) is 1.45. The summed E-state index contributed by atoms with van der Waals surface area (Å²) < 4.78 is 29.9. The summed E-state index contributed by atoms with van der Waals surface area (Å²) in [6.07, 6.45) is 0. The number of thioether (sulfide) groups is 1. The van der Waals surface area contributed by atoms with E-state index < -0.39 is 6.04 Å². The molecule has 2 atom stereocenters. The van der Waals surface area contributed by atoms with Crippen LogP contribution < -0.4 is 19.5 Å². The van der Waals surface area contributed by atoms with Crippen LogP contribution in [0.15, 0.2) is 36.4 Å². The summed E-state index contributed by atoms with van der Waals surface area (Å²) >= 11 is 1.51. The lowest BCUT2D eigenvalue weighted by molar-refractivity contribution is 0.0954. The summed E-state index contributed by atoms with van der Waals surface area (Å²) in [4.78, 5) is 12.9. The van der Waals surface area contributed by atoms with Gasteiger partial charge in [0.1, 0.15) is 5.82 Å². The molecule has 2 unspecified atom stereocenters. The van der Waals surface area contributed by atoms with Crippen LogP contribution in [0.1, 0.15) is 21.3 Å². The molecule has 138 valence electrons. The van der Waals surface area contributed by atoms with Gasteiger partial charge in [0.15, 0.2) is 17.3 Å². The van der Waals surface area contributed by atoms with Gasteiger partial charge in [-0.1, -0.05) is 18.2 Å². The van der Waals surface area contributed by atoms with Crippen LogP contribution in [-0.2, 0) is 0 Å². The van der Waals surface area contributed by atoms with Gasteiger partial charge < -0.3 is 14.2 Å². The fourth-order valence-corrected chi connectivity index (χ4v) is 4.18. The van der Waals surface area contributed by atoms with Gasteiger partial charge in [0, 0.05) is 16.9 Å². The van der Waals surface area contributed by atoms with Crippen LogP contribution in [0, 0.1) is 5.82 Å². The van der Waals surface area contributed by atoms with E-state index in [-0.39, 0.29) is 17.0 Å². The molecule has 0 amide bonds. The number of carbonyl (C=O) groups excluding carboxylic acids is 1. The molecule has 1 saturated heterocycles. The minimum absolute atomic E-state index is 0.101. The molecule has 3 rings (SSSR count). The van der Waals surface area contributed by atoms with E-state index in [0.29, 0.717) is 34.1 Å². The van der Waals surface area contributed by atoms with Crippen molar-refractivity contribution in [2.45, 2.75) is 11.4 Å². The molecule has 0 bridgehead atoms. The van der Waals surface area contributed by atoms with Crippen molar-refractivity contribution in [3.8, 4) is 17.2 Å². The molecule has 1 fully saturated rings. The third kappa shape index (κ3) is 3.50. The molecule has 0 aliphatic carbocycles. The first-order valence-electron chi connectivity index (χ1n) is 8.05. The zero-order valence-electron chi connectivity index (χ0n) is 14.7. The van der Waals surface area contributed by atoms with Gasteiger partial charge >= 0.3 is 0 Å². The minimum atomic E-state index is -0.424. The van der Waals surface area contributed by atoms with Crippen molar-refractivity contribution in [2.24, 2.45) is 0 Å². The van der Waals surface area contributed by atoms with Gasteiger partial charge in [-0.15, -0.1) is 11.8 Å². The summed E-state index contributed by atoms with van der Waals surface area (Å²) in [7, 11) is 4.52. The number of hydrogen-bond acceptors (Lipinski definition) is 6. The van der Waals surface area contributed by atoms with E-state index in [1.807, 2.05) is 0 Å². The molecule has 5 nitrogen and oxygen atoms in total. The lowest BCUT2D eigenvalue weighted by Gasteiger charge is -2.16. The van der Waals surface area contributed by atoms with E-state index in [9.17, 15) is 9.18 Å². The summed E-state index contributed by atoms with van der Waals surface area (Å²) in [6.45, 7) is 0. The van der Waals surface area contributed by atoms with E-state index in [2.05, 4.69) is 5.32 Å². The maximum Gasteiger partial charge on any atom is 0.203 e. The van der Waals surface area contributed by atoms with Crippen molar-refractivity contribution >= 4 is 17.5 Å². The largest absolute Gasteiger partial charge is 0.493 e. The maximum absolute atomic E-state index is 14.0. The number of benzene rings is 2. The van der Waals surface area contributed by atoms with Crippen LogP contribution in [0.2, 0.25) is 0 Å². The molecule has 0 aromatic heterocycles. The molecule has 26 heavy (non-hydrogen) atoms. The number of nitrogens with one attached hydrogen (secondary N) is 1. The van der Waals surface area contributed by atoms with Gasteiger partial charge in [0.2, 0.25) is 5.75 Å². The maximum atomic E-state index is 14.0. The van der Waals surface area contributed by atoms with Gasteiger partial charge in [0.05, 0.1) is 32.7 Å². The second-order valence-electron chi connectivity index (χ2n) is 5.73. The predicted molar refractivity (Wildman–Crippen MR) is 99.0 cm³/mol. The average molecular weight is 377 g/mol. The molecule has 2 aromatic carbocycles. The number of hydrogen-bond donors (Lipinski definition) is 1. The monoisotopic (exact) mass is 377 g/mol. The van der Waals surface area contributed by atoms with Crippen LogP contribution >= 0.6 is 11.8 Å². The number of methoxy groups -OCH3 is 3. The Hall–Kier alpha value is -2.25. The van der Waals surface area contributed by atoms with Crippen molar-refractivity contribution < 1.29 is 23.4 Å². The summed E-state index contributed by atoms with van der Waals surface area (Å²) in [5.41, 5.74) is 1.00. The van der Waals surface area contributed by atoms with E-state index >= 15 is 0 Å². The Morgan fingerprint density at radius 1 is 1.12 bits per heavy atom. The van der Waals surface area contributed by atoms with Crippen molar-refractivity contribution in [1.82, 2.24) is 5.32 Å². The van der Waals surface area contributed by atoms with Crippen molar-refractivity contribution in [1.29, 1.82) is 0 Å². The van der Waals surface area contributed by atoms with Crippen molar-refractivity contribution in [3.63, 3.8) is 0 Å². The van der Waals surface area contributed by atoms with Crippen LogP contribution in [0.4, 0.5) is 4.39 Å². The average Bonchev–Trinajstić information content (AvgIpc) is 3.16. The first-order valence-corrected chi connectivity index (χ1v) is 9.10. The van der Waals surface area contributed by atoms with Gasteiger partial charge in [-0.2, -0.15) is 0 Å². The first-order chi connectivity index (χ1) is 12.6. The number of carbonyl (C=O) groups is 1. The fourth-order valence-electron chi connectivity index (χ4n) is 2.91. The molecule has 2 aromatic rings. The van der Waals surface area contributed by atoms with E-state index in [0.717, 1.165) is 0 Å². The zero-order valence-corrected chi connectivity index (χ0v) is 15.6. The van der Waals surface area contributed by atoms with Gasteiger partial charge in [-0.05, 0) is 18.2 Å². The highest BCUT2D eigenvalue weighted by molar-refractivity contribution is 7.99. The summed E-state index contributed by atoms with van der Waals surface area (Å²) in [6, 6.07) is 9.43. The van der Waals surface area contributed by atoms with Crippen molar-refractivity contribution in [3.05, 3.63) is 53.3 Å². The Labute approximate surface area is 155 Å². The fraction of sp³-hybridized carbons (Fsp3) is 0.316. The number of rotatable bonds is 6. The van der Waals surface area contributed by atoms with Crippen LogP contribution in [-0.4, -0.2) is 38.9 Å². The van der Waals surface area contributed by atoms with Gasteiger partial charge in [-0.25, -0.2) is 4.39 Å². The Morgan fingerprint density at radius 3 is 2.35 bits per heavy atom. The zero-order chi connectivity index (χ0) is 18.7. The van der Waals surface area contributed by atoms with E-state index in [1.165, 1.54) is 39.2 Å². The Morgan fingerprint density at radius 2 is 1.77 bits per heavy atom. The smallest absolute Gasteiger partial charge is 0.203 e. The molecule has 1 heterocycles. The Balaban J connectivity index is 1.83. The molecule has 0 radical (unpaired) electrons. The standard InChI is InChI=1S/C19H20FNO4S/c1-23-15-8-11(9-16(24-2)18(15)25-3)17(22)14-10-26-19(21-14)12-6-4-5-7-13(12)20/h4-9,14,19,21H,10H2,1-3H3. The number of Topliss-reactive ketones (excluding diaryl/α,β-unsaturated/α-hetero) is 1. The normalized spacial score (nSPS) is 19.2. The minimum Gasteiger partial charge on any atom is -0.493 e. The van der Waals surface area contributed by atoms with Gasteiger partial charge in [-0.3, -0.25) is 10.1 Å². The van der Waals surface area contributed by atoms with E-state index in [4.69, 9.17) is 14.2 Å². The number of halogens is 1. The lowest BCUT2D eigenvalue weighted by Crippen LogP contribution is -2.34. The number of ketones is 1. The second-order valence-corrected chi connectivity index (χ2v) is 6.87. The van der Waals surface area contributed by atoms with Gasteiger partial charge in [0.25, 0.3) is 0 Å². The van der Waals surface area contributed by atoms with E-state index in [1.54, 1.807) is 30.3 Å². The predicted octanol–water partition coefficient (Wildman–Crippen LogP) is 3.44. The molecule has 0 saturated carbocycles. The van der Waals surface area contributed by atoms with Crippen LogP contribution in [0.25, 0.3) is 0 Å². The molecule has 1 N–H and O–H groups in total. The second kappa shape index (κ2) is 7.97. The van der Waals surface area contributed by atoms with Crippen LogP contribution in [0.3, 0.4) is 0 Å². The molecular weight excluding hydrogens is 357 g/mol. The highest BCUT2D eigenvalue weighted by Gasteiger charge is 2.33. The quantitative estimate of drug-likeness (QED) is 0.779. The Kier molecular flexibility index (Phi) is 5.68. The highest BCUT2D eigenvalue weighted by atomic mass is 32.2. The topological polar surface area (TPSA) is 56.8 Å². The number of ether oxygens (including phenoxy) is 3. The SMILES string of the molecule is COc1cc(C(=O)C2CSC(c3ccccc3F)N2)cc(OC)c1OC. The summed E-state index contributed by atoms with van der Waals surface area (Å²) in [5, 5.41) is 2.95. The first kappa shape index (κ1) is 18.5. The molecule has 0 spiro atoms.